The van der Waals surface area contributed by atoms with Gasteiger partial charge < -0.3 is 25.0 Å². The quantitative estimate of drug-likeness (QED) is 0.628. The Bertz CT molecular complexity index is 253. The summed E-state index contributed by atoms with van der Waals surface area (Å²) in [7, 11) is 9.86. The first-order valence-electron chi connectivity index (χ1n) is 7.12. The molecule has 0 aliphatic heterocycles. The highest BCUT2D eigenvalue weighted by atomic mass is 16.7. The molecule has 114 valence electrons. The molecule has 1 aliphatic rings. The first kappa shape index (κ1) is 16.9. The van der Waals surface area contributed by atoms with E-state index in [0.29, 0.717) is 18.1 Å². The highest BCUT2D eigenvalue weighted by molar-refractivity contribution is 4.98. The van der Waals surface area contributed by atoms with E-state index in [1.54, 1.807) is 14.2 Å². The van der Waals surface area contributed by atoms with E-state index < -0.39 is 0 Å². The van der Waals surface area contributed by atoms with Gasteiger partial charge in [0.25, 0.3) is 0 Å². The van der Waals surface area contributed by atoms with Crippen molar-refractivity contribution < 1.29 is 9.47 Å². The van der Waals surface area contributed by atoms with Crippen molar-refractivity contribution in [3.8, 4) is 0 Å². The summed E-state index contributed by atoms with van der Waals surface area (Å²) in [6.45, 7) is 1.69. The number of ether oxygens (including phenoxy) is 2. The number of rotatable bonds is 9. The van der Waals surface area contributed by atoms with Crippen LogP contribution in [0.5, 0.6) is 0 Å². The highest BCUT2D eigenvalue weighted by Gasteiger charge is 2.40. The van der Waals surface area contributed by atoms with Gasteiger partial charge >= 0.3 is 0 Å². The number of hydrogen-bond acceptors (Lipinski definition) is 5. The Labute approximate surface area is 118 Å². The zero-order valence-electron chi connectivity index (χ0n) is 13.2. The first-order valence-corrected chi connectivity index (χ1v) is 7.12. The van der Waals surface area contributed by atoms with Crippen molar-refractivity contribution in [1.82, 2.24) is 9.80 Å². The van der Waals surface area contributed by atoms with Crippen molar-refractivity contribution in [3.05, 3.63) is 0 Å². The molecule has 0 aromatic carbocycles. The molecule has 1 rings (SSSR count). The minimum Gasteiger partial charge on any atom is -0.356 e. The maximum absolute atomic E-state index is 5.92. The van der Waals surface area contributed by atoms with Crippen molar-refractivity contribution in [1.29, 1.82) is 0 Å². The van der Waals surface area contributed by atoms with Gasteiger partial charge in [-0.1, -0.05) is 0 Å². The smallest absolute Gasteiger partial charge is 0.158 e. The fraction of sp³-hybridized carbons (Fsp3) is 1.00. The Balaban J connectivity index is 2.55. The molecule has 1 unspecified atom stereocenters. The Morgan fingerprint density at radius 3 is 2.05 bits per heavy atom. The summed E-state index contributed by atoms with van der Waals surface area (Å²) in [5, 5.41) is 0. The van der Waals surface area contributed by atoms with Gasteiger partial charge in [-0.2, -0.15) is 0 Å². The fourth-order valence-corrected chi connectivity index (χ4v) is 2.89. The summed E-state index contributed by atoms with van der Waals surface area (Å²) in [6.07, 6.45) is 4.52. The zero-order chi connectivity index (χ0) is 14.5. The lowest BCUT2D eigenvalue weighted by Gasteiger charge is -2.50. The van der Waals surface area contributed by atoms with Gasteiger partial charge in [-0.3, -0.25) is 0 Å². The predicted molar refractivity (Wildman–Crippen MR) is 78.2 cm³/mol. The SMILES string of the molecule is COC(CC(CN)N(C)CC1(N(C)C)CCC1)OC. The maximum Gasteiger partial charge on any atom is 0.158 e. The van der Waals surface area contributed by atoms with E-state index >= 15 is 0 Å². The Hall–Kier alpha value is -0.200. The maximum atomic E-state index is 5.92. The lowest BCUT2D eigenvalue weighted by molar-refractivity contribution is -0.117. The zero-order valence-corrected chi connectivity index (χ0v) is 13.2. The molecule has 5 nitrogen and oxygen atoms in total. The van der Waals surface area contributed by atoms with E-state index in [2.05, 4.69) is 30.9 Å². The van der Waals surface area contributed by atoms with Crippen molar-refractivity contribution >= 4 is 0 Å². The molecule has 1 aliphatic carbocycles. The number of nitrogens with two attached hydrogens (primary N) is 1. The third-order valence-corrected chi connectivity index (χ3v) is 4.66. The van der Waals surface area contributed by atoms with Crippen LogP contribution in [0.3, 0.4) is 0 Å². The van der Waals surface area contributed by atoms with Crippen LogP contribution in [0.15, 0.2) is 0 Å². The summed E-state index contributed by atoms with van der Waals surface area (Å²) < 4.78 is 10.6. The van der Waals surface area contributed by atoms with Gasteiger partial charge in [-0.05, 0) is 40.4 Å². The number of methoxy groups -OCH3 is 2. The van der Waals surface area contributed by atoms with Gasteiger partial charge in [0.15, 0.2) is 6.29 Å². The molecule has 0 heterocycles. The van der Waals surface area contributed by atoms with E-state index in [4.69, 9.17) is 15.2 Å². The van der Waals surface area contributed by atoms with E-state index in [1.165, 1.54) is 19.3 Å². The number of hydrogen-bond donors (Lipinski definition) is 1. The fourth-order valence-electron chi connectivity index (χ4n) is 2.89. The molecule has 1 atom stereocenters. The van der Waals surface area contributed by atoms with Crippen LogP contribution in [-0.2, 0) is 9.47 Å². The second-order valence-corrected chi connectivity index (χ2v) is 5.91. The van der Waals surface area contributed by atoms with Crippen LogP contribution in [-0.4, -0.2) is 76.1 Å². The molecule has 0 aromatic rings. The average molecular weight is 273 g/mol. The van der Waals surface area contributed by atoms with E-state index in [0.717, 1.165) is 13.0 Å². The molecule has 1 saturated carbocycles. The molecular weight excluding hydrogens is 242 g/mol. The van der Waals surface area contributed by atoms with Crippen LogP contribution in [0.1, 0.15) is 25.7 Å². The van der Waals surface area contributed by atoms with E-state index in [-0.39, 0.29) is 6.29 Å². The van der Waals surface area contributed by atoms with Crippen molar-refractivity contribution in [3.63, 3.8) is 0 Å². The van der Waals surface area contributed by atoms with Gasteiger partial charge in [0.2, 0.25) is 0 Å². The standard InChI is InChI=1S/C14H31N3O2/c1-16(2)14(7-6-8-14)11-17(3)12(10-15)9-13(18-4)19-5/h12-13H,6-11,15H2,1-5H3. The monoisotopic (exact) mass is 273 g/mol. The molecular formula is C14H31N3O2. The summed E-state index contributed by atoms with van der Waals surface area (Å²) in [4.78, 5) is 4.73. The van der Waals surface area contributed by atoms with Crippen LogP contribution in [0.25, 0.3) is 0 Å². The van der Waals surface area contributed by atoms with Crippen LogP contribution >= 0.6 is 0 Å². The van der Waals surface area contributed by atoms with Gasteiger partial charge in [0.05, 0.1) is 0 Å². The van der Waals surface area contributed by atoms with Crippen molar-refractivity contribution in [2.24, 2.45) is 5.73 Å². The molecule has 0 saturated heterocycles. The van der Waals surface area contributed by atoms with Gasteiger partial charge in [-0.15, -0.1) is 0 Å². The normalized spacial score (nSPS) is 20.1. The van der Waals surface area contributed by atoms with E-state index in [9.17, 15) is 0 Å². The Morgan fingerprint density at radius 1 is 1.16 bits per heavy atom. The molecule has 0 radical (unpaired) electrons. The molecule has 5 heteroatoms. The highest BCUT2D eigenvalue weighted by Crippen LogP contribution is 2.37. The third kappa shape index (κ3) is 4.13. The van der Waals surface area contributed by atoms with Gasteiger partial charge in [0.1, 0.15) is 0 Å². The minimum atomic E-state index is -0.173. The third-order valence-electron chi connectivity index (χ3n) is 4.66. The van der Waals surface area contributed by atoms with Crippen LogP contribution in [0, 0.1) is 0 Å². The first-order chi connectivity index (χ1) is 8.99. The van der Waals surface area contributed by atoms with Crippen molar-refractivity contribution in [2.75, 3.05) is 48.5 Å². The average Bonchev–Trinajstić information content (AvgIpc) is 2.34. The summed E-state index contributed by atoms with van der Waals surface area (Å²) in [6, 6.07) is 0.294. The summed E-state index contributed by atoms with van der Waals surface area (Å²) in [5.41, 5.74) is 6.25. The van der Waals surface area contributed by atoms with Crippen LogP contribution in [0.4, 0.5) is 0 Å². The molecule has 19 heavy (non-hydrogen) atoms. The van der Waals surface area contributed by atoms with E-state index in [1.807, 2.05) is 0 Å². The summed E-state index contributed by atoms with van der Waals surface area (Å²) >= 11 is 0. The minimum absolute atomic E-state index is 0.173. The number of likely N-dealkylation sites (N-methyl/N-ethyl adjacent to an activating group) is 2. The largest absolute Gasteiger partial charge is 0.356 e. The molecule has 0 amide bonds. The summed E-state index contributed by atoms with van der Waals surface area (Å²) in [5.74, 6) is 0. The number of nitrogens with zero attached hydrogens (tertiary/aromatic N) is 2. The van der Waals surface area contributed by atoms with Gasteiger partial charge in [-0.25, -0.2) is 0 Å². The topological polar surface area (TPSA) is 51.0 Å². The van der Waals surface area contributed by atoms with Crippen molar-refractivity contribution in [2.45, 2.75) is 43.6 Å². The molecule has 0 aromatic heterocycles. The van der Waals surface area contributed by atoms with Crippen LogP contribution < -0.4 is 5.73 Å². The predicted octanol–water partition coefficient (Wildman–Crippen LogP) is 0.739. The molecule has 0 bridgehead atoms. The lowest BCUT2D eigenvalue weighted by atomic mass is 9.75. The Kier molecular flexibility index (Phi) is 6.69. The van der Waals surface area contributed by atoms with Gasteiger partial charge in [0, 0.05) is 45.3 Å². The second kappa shape index (κ2) is 7.55. The second-order valence-electron chi connectivity index (χ2n) is 5.91. The van der Waals surface area contributed by atoms with Crippen LogP contribution in [0.2, 0.25) is 0 Å². The lowest BCUT2D eigenvalue weighted by Crippen LogP contribution is -2.59. The molecule has 1 fully saturated rings. The molecule has 0 spiro atoms. The molecule has 2 N–H and O–H groups in total. The Morgan fingerprint density at radius 2 is 1.74 bits per heavy atom.